The van der Waals surface area contributed by atoms with Gasteiger partial charge >= 0.3 is 0 Å². The predicted octanol–water partition coefficient (Wildman–Crippen LogP) is 3.18. The van der Waals surface area contributed by atoms with E-state index in [1.807, 2.05) is 0 Å². The van der Waals surface area contributed by atoms with E-state index >= 15 is 0 Å². The van der Waals surface area contributed by atoms with Crippen molar-refractivity contribution >= 4 is 11.8 Å². The van der Waals surface area contributed by atoms with Crippen LogP contribution in [-0.4, -0.2) is 30.3 Å². The second-order valence-corrected chi connectivity index (χ2v) is 7.57. The second kappa shape index (κ2) is 5.36. The number of hydrogen-bond acceptors (Lipinski definition) is 3. The average molecular weight is 289 g/mol. The number of rotatable bonds is 1. The Kier molecular flexibility index (Phi) is 3.53. The molecule has 2 fully saturated rings. The molecule has 0 aliphatic carbocycles. The van der Waals surface area contributed by atoms with E-state index in [1.165, 1.54) is 37.2 Å². The minimum Gasteiger partial charge on any atom is -0.374 e. The molecule has 1 N–H and O–H groups in total. The lowest BCUT2D eigenvalue weighted by Gasteiger charge is -2.42. The highest BCUT2D eigenvalue weighted by molar-refractivity contribution is 7.99. The molecule has 108 valence electrons. The van der Waals surface area contributed by atoms with Crippen LogP contribution in [0.25, 0.3) is 0 Å². The van der Waals surface area contributed by atoms with Gasteiger partial charge in [-0.1, -0.05) is 24.3 Å². The van der Waals surface area contributed by atoms with Crippen LogP contribution >= 0.6 is 11.8 Å². The fourth-order valence-electron chi connectivity index (χ4n) is 4.17. The van der Waals surface area contributed by atoms with E-state index in [-0.39, 0.29) is 5.60 Å². The normalized spacial score (nSPS) is 37.0. The van der Waals surface area contributed by atoms with Gasteiger partial charge in [0.25, 0.3) is 0 Å². The van der Waals surface area contributed by atoms with Crippen LogP contribution in [0.5, 0.6) is 0 Å². The Balaban J connectivity index is 1.58. The summed E-state index contributed by atoms with van der Waals surface area (Å²) in [5, 5.41) is 3.79. The maximum atomic E-state index is 6.19. The first-order valence-electron chi connectivity index (χ1n) is 7.89. The first-order chi connectivity index (χ1) is 9.86. The summed E-state index contributed by atoms with van der Waals surface area (Å²) >= 11 is 2.07. The van der Waals surface area contributed by atoms with Gasteiger partial charge in [-0.15, -0.1) is 0 Å². The van der Waals surface area contributed by atoms with Gasteiger partial charge in [-0.25, -0.2) is 0 Å². The Morgan fingerprint density at radius 2 is 2.25 bits per heavy atom. The molecule has 0 amide bonds. The molecular formula is C17H23NOS. The number of hydrogen-bond donors (Lipinski definition) is 1. The summed E-state index contributed by atoms with van der Waals surface area (Å²) in [7, 11) is 0. The fraction of sp³-hybridized carbons (Fsp3) is 0.647. The zero-order valence-corrected chi connectivity index (χ0v) is 12.8. The van der Waals surface area contributed by atoms with Crippen LogP contribution in [0.15, 0.2) is 24.3 Å². The van der Waals surface area contributed by atoms with E-state index in [2.05, 4.69) is 41.3 Å². The molecule has 20 heavy (non-hydrogen) atoms. The summed E-state index contributed by atoms with van der Waals surface area (Å²) < 4.78 is 6.19. The molecule has 4 rings (SSSR count). The third-order valence-electron chi connectivity index (χ3n) is 5.22. The Bertz CT molecular complexity index is 484. The molecule has 2 saturated heterocycles. The average Bonchev–Trinajstić information content (AvgIpc) is 2.94. The number of nitrogens with one attached hydrogen (secondary N) is 1. The summed E-state index contributed by atoms with van der Waals surface area (Å²) in [5.74, 6) is 3.23. The fourth-order valence-corrected chi connectivity index (χ4v) is 5.55. The van der Waals surface area contributed by atoms with Crippen molar-refractivity contribution < 1.29 is 4.74 Å². The van der Waals surface area contributed by atoms with Crippen molar-refractivity contribution in [2.45, 2.75) is 37.3 Å². The molecular weight excluding hydrogens is 266 g/mol. The quantitative estimate of drug-likeness (QED) is 0.858. The van der Waals surface area contributed by atoms with Gasteiger partial charge in [0.05, 0.1) is 5.60 Å². The van der Waals surface area contributed by atoms with Gasteiger partial charge < -0.3 is 10.1 Å². The minimum absolute atomic E-state index is 0.196. The van der Waals surface area contributed by atoms with E-state index in [0.29, 0.717) is 6.04 Å². The van der Waals surface area contributed by atoms with Gasteiger partial charge in [0.15, 0.2) is 0 Å². The van der Waals surface area contributed by atoms with Crippen molar-refractivity contribution in [2.75, 3.05) is 24.7 Å². The largest absolute Gasteiger partial charge is 0.374 e. The number of benzene rings is 1. The Morgan fingerprint density at radius 1 is 1.30 bits per heavy atom. The van der Waals surface area contributed by atoms with Crippen LogP contribution in [0.3, 0.4) is 0 Å². The molecule has 3 aliphatic heterocycles. The highest BCUT2D eigenvalue weighted by atomic mass is 32.2. The SMILES string of the molecule is c1ccc2c(c1)CCNC2C1CCOC2(CCSC2)C1. The number of thioether (sulfide) groups is 1. The van der Waals surface area contributed by atoms with E-state index < -0.39 is 0 Å². The van der Waals surface area contributed by atoms with Crippen molar-refractivity contribution in [1.82, 2.24) is 5.32 Å². The number of ether oxygens (including phenoxy) is 1. The van der Waals surface area contributed by atoms with E-state index in [9.17, 15) is 0 Å². The molecule has 3 heteroatoms. The zero-order chi connectivity index (χ0) is 13.4. The van der Waals surface area contributed by atoms with Crippen LogP contribution in [0.2, 0.25) is 0 Å². The smallest absolute Gasteiger partial charge is 0.0783 e. The molecule has 3 aliphatic rings. The topological polar surface area (TPSA) is 21.3 Å². The lowest BCUT2D eigenvalue weighted by Crippen LogP contribution is -2.45. The van der Waals surface area contributed by atoms with Gasteiger partial charge in [0.1, 0.15) is 0 Å². The molecule has 0 aromatic heterocycles. The first kappa shape index (κ1) is 13.2. The molecule has 0 saturated carbocycles. The summed E-state index contributed by atoms with van der Waals surface area (Å²) in [6, 6.07) is 9.56. The van der Waals surface area contributed by atoms with E-state index in [1.54, 1.807) is 11.1 Å². The second-order valence-electron chi connectivity index (χ2n) is 6.47. The van der Waals surface area contributed by atoms with Gasteiger partial charge in [-0.2, -0.15) is 11.8 Å². The maximum Gasteiger partial charge on any atom is 0.0783 e. The molecule has 3 unspecified atom stereocenters. The Hall–Kier alpha value is -0.510. The monoisotopic (exact) mass is 289 g/mol. The molecule has 1 spiro atoms. The van der Waals surface area contributed by atoms with Gasteiger partial charge in [-0.3, -0.25) is 0 Å². The predicted molar refractivity (Wildman–Crippen MR) is 84.2 cm³/mol. The Morgan fingerprint density at radius 3 is 3.15 bits per heavy atom. The van der Waals surface area contributed by atoms with Crippen molar-refractivity contribution in [3.8, 4) is 0 Å². The highest BCUT2D eigenvalue weighted by Crippen LogP contribution is 2.44. The summed E-state index contributed by atoms with van der Waals surface area (Å²) in [4.78, 5) is 0. The van der Waals surface area contributed by atoms with Gasteiger partial charge in [0.2, 0.25) is 0 Å². The third kappa shape index (κ3) is 2.30. The van der Waals surface area contributed by atoms with Crippen LogP contribution in [0.4, 0.5) is 0 Å². The molecule has 0 bridgehead atoms. The minimum atomic E-state index is 0.196. The summed E-state index contributed by atoms with van der Waals surface area (Å²) in [5.41, 5.74) is 3.30. The van der Waals surface area contributed by atoms with Crippen molar-refractivity contribution in [2.24, 2.45) is 5.92 Å². The lowest BCUT2D eigenvalue weighted by molar-refractivity contribution is -0.0857. The van der Waals surface area contributed by atoms with Crippen LogP contribution < -0.4 is 5.32 Å². The molecule has 3 atom stereocenters. The van der Waals surface area contributed by atoms with Crippen molar-refractivity contribution in [3.63, 3.8) is 0 Å². The highest BCUT2D eigenvalue weighted by Gasteiger charge is 2.43. The van der Waals surface area contributed by atoms with Gasteiger partial charge in [-0.05, 0) is 55.0 Å². The lowest BCUT2D eigenvalue weighted by atomic mass is 9.77. The maximum absolute atomic E-state index is 6.19. The standard InChI is InChI=1S/C17H23NOS/c1-2-4-15-13(3-1)5-8-18-16(15)14-6-9-19-17(11-14)7-10-20-12-17/h1-4,14,16,18H,5-12H2. The summed E-state index contributed by atoms with van der Waals surface area (Å²) in [6.45, 7) is 2.08. The summed E-state index contributed by atoms with van der Waals surface area (Å²) in [6.07, 6.45) is 4.88. The Labute approximate surface area is 125 Å². The zero-order valence-electron chi connectivity index (χ0n) is 11.9. The number of fused-ring (bicyclic) bond motifs is 1. The molecule has 2 nitrogen and oxygen atoms in total. The molecule has 0 radical (unpaired) electrons. The van der Waals surface area contributed by atoms with Crippen LogP contribution in [0.1, 0.15) is 36.4 Å². The van der Waals surface area contributed by atoms with Gasteiger partial charge in [0, 0.05) is 18.4 Å². The molecule has 3 heterocycles. The van der Waals surface area contributed by atoms with E-state index in [0.717, 1.165) is 19.1 Å². The van der Waals surface area contributed by atoms with Crippen molar-refractivity contribution in [1.29, 1.82) is 0 Å². The molecule has 1 aromatic rings. The van der Waals surface area contributed by atoms with Crippen molar-refractivity contribution in [3.05, 3.63) is 35.4 Å². The molecule has 1 aromatic carbocycles. The van der Waals surface area contributed by atoms with Crippen LogP contribution in [-0.2, 0) is 11.2 Å². The van der Waals surface area contributed by atoms with Crippen LogP contribution in [0, 0.1) is 5.92 Å². The van der Waals surface area contributed by atoms with E-state index in [4.69, 9.17) is 4.74 Å². The third-order valence-corrected chi connectivity index (χ3v) is 6.44. The first-order valence-corrected chi connectivity index (χ1v) is 9.05.